The summed E-state index contributed by atoms with van der Waals surface area (Å²) in [5.74, 6) is 1.62. The molecule has 1 heterocycles. The smallest absolute Gasteiger partial charge is 0.285 e. The maximum absolute atomic E-state index is 13.0. The molecular formula is C23H23N3O3. The van der Waals surface area contributed by atoms with Gasteiger partial charge in [0.05, 0.1) is 14.2 Å². The molecule has 148 valence electrons. The molecule has 0 aliphatic heterocycles. The van der Waals surface area contributed by atoms with E-state index in [0.717, 1.165) is 16.9 Å². The van der Waals surface area contributed by atoms with Gasteiger partial charge in [-0.15, -0.1) is 0 Å². The molecule has 0 fully saturated rings. The average Bonchev–Trinajstić information content (AvgIpc) is 2.74. The first kappa shape index (κ1) is 20.2. The second-order valence-corrected chi connectivity index (χ2v) is 7.05. The molecule has 29 heavy (non-hydrogen) atoms. The topological polar surface area (TPSA) is 77.1 Å². The standard InChI is InChI=1S/C23H23N3O3/c1-15(2)14-26-23(27)20(13-24)21(16-5-9-18(28-3)10-6-16)22(25-26)17-7-11-19(29-4)12-8-17/h5-12,15H,14H2,1-4H3. The van der Waals surface area contributed by atoms with Gasteiger partial charge >= 0.3 is 0 Å². The van der Waals surface area contributed by atoms with E-state index >= 15 is 0 Å². The number of nitrogens with zero attached hydrogens (tertiary/aromatic N) is 3. The van der Waals surface area contributed by atoms with Crippen LogP contribution in [0, 0.1) is 17.2 Å². The SMILES string of the molecule is COc1ccc(-c2nn(CC(C)C)c(=O)c(C#N)c2-c2ccc(OC)cc2)cc1. The van der Waals surface area contributed by atoms with Crippen LogP contribution in [0.2, 0.25) is 0 Å². The van der Waals surface area contributed by atoms with E-state index in [1.807, 2.05) is 50.2 Å². The van der Waals surface area contributed by atoms with Crippen molar-refractivity contribution in [3.63, 3.8) is 0 Å². The van der Waals surface area contributed by atoms with Gasteiger partial charge in [0.15, 0.2) is 0 Å². The van der Waals surface area contributed by atoms with Gasteiger partial charge in [-0.2, -0.15) is 10.4 Å². The number of methoxy groups -OCH3 is 2. The maximum atomic E-state index is 13.0. The highest BCUT2D eigenvalue weighted by Crippen LogP contribution is 2.33. The summed E-state index contributed by atoms with van der Waals surface area (Å²) < 4.78 is 11.9. The Kier molecular flexibility index (Phi) is 5.99. The minimum atomic E-state index is -0.385. The zero-order valence-electron chi connectivity index (χ0n) is 17.0. The Bertz CT molecular complexity index is 1090. The summed E-state index contributed by atoms with van der Waals surface area (Å²) in [6.45, 7) is 4.44. The lowest BCUT2D eigenvalue weighted by molar-refractivity contribution is 0.414. The third-order valence-corrected chi connectivity index (χ3v) is 4.55. The fraction of sp³-hybridized carbons (Fsp3) is 0.261. The average molecular weight is 389 g/mol. The quantitative estimate of drug-likeness (QED) is 0.634. The van der Waals surface area contributed by atoms with Gasteiger partial charge in [0.1, 0.15) is 28.8 Å². The van der Waals surface area contributed by atoms with Gasteiger partial charge in [-0.05, 0) is 47.9 Å². The Morgan fingerprint density at radius 2 is 1.48 bits per heavy atom. The van der Waals surface area contributed by atoms with E-state index in [2.05, 4.69) is 11.2 Å². The van der Waals surface area contributed by atoms with Crippen LogP contribution in [0.15, 0.2) is 53.3 Å². The number of aromatic nitrogens is 2. The Balaban J connectivity index is 2.31. The van der Waals surface area contributed by atoms with Crippen molar-refractivity contribution in [1.29, 1.82) is 5.26 Å². The van der Waals surface area contributed by atoms with Crippen molar-refractivity contribution in [2.75, 3.05) is 14.2 Å². The van der Waals surface area contributed by atoms with Gasteiger partial charge in [-0.1, -0.05) is 26.0 Å². The van der Waals surface area contributed by atoms with Gasteiger partial charge in [0, 0.05) is 17.7 Å². The molecular weight excluding hydrogens is 366 g/mol. The van der Waals surface area contributed by atoms with E-state index in [1.165, 1.54) is 4.68 Å². The van der Waals surface area contributed by atoms with Crippen LogP contribution in [-0.4, -0.2) is 24.0 Å². The highest BCUT2D eigenvalue weighted by atomic mass is 16.5. The molecule has 0 amide bonds. The molecule has 0 spiro atoms. The second kappa shape index (κ2) is 8.61. The maximum Gasteiger partial charge on any atom is 0.285 e. The molecule has 0 atom stereocenters. The third kappa shape index (κ3) is 4.14. The Labute approximate surface area is 169 Å². The number of nitriles is 1. The molecule has 0 saturated carbocycles. The molecule has 0 aliphatic carbocycles. The second-order valence-electron chi connectivity index (χ2n) is 7.05. The Morgan fingerprint density at radius 3 is 1.93 bits per heavy atom. The van der Waals surface area contributed by atoms with Crippen LogP contribution >= 0.6 is 0 Å². The molecule has 6 nitrogen and oxygen atoms in total. The lowest BCUT2D eigenvalue weighted by Crippen LogP contribution is -2.28. The van der Waals surface area contributed by atoms with Crippen molar-refractivity contribution < 1.29 is 9.47 Å². The van der Waals surface area contributed by atoms with Crippen LogP contribution in [-0.2, 0) is 6.54 Å². The fourth-order valence-corrected chi connectivity index (χ4v) is 3.13. The molecule has 0 N–H and O–H groups in total. The normalized spacial score (nSPS) is 10.6. The number of hydrogen-bond acceptors (Lipinski definition) is 5. The molecule has 0 radical (unpaired) electrons. The van der Waals surface area contributed by atoms with E-state index in [9.17, 15) is 10.1 Å². The monoisotopic (exact) mass is 389 g/mol. The lowest BCUT2D eigenvalue weighted by Gasteiger charge is -2.16. The summed E-state index contributed by atoms with van der Waals surface area (Å²) in [6.07, 6.45) is 0. The van der Waals surface area contributed by atoms with E-state index in [1.54, 1.807) is 26.4 Å². The summed E-state index contributed by atoms with van der Waals surface area (Å²) in [7, 11) is 3.19. The predicted octanol–water partition coefficient (Wildman–Crippen LogP) is 4.12. The number of rotatable bonds is 6. The first-order chi connectivity index (χ1) is 14.0. The van der Waals surface area contributed by atoms with Crippen LogP contribution in [0.1, 0.15) is 19.4 Å². The van der Waals surface area contributed by atoms with Crippen LogP contribution < -0.4 is 15.0 Å². The molecule has 3 aromatic rings. The van der Waals surface area contributed by atoms with Crippen molar-refractivity contribution in [3.05, 3.63) is 64.4 Å². The van der Waals surface area contributed by atoms with Crippen molar-refractivity contribution in [2.24, 2.45) is 5.92 Å². The lowest BCUT2D eigenvalue weighted by atomic mass is 9.96. The minimum absolute atomic E-state index is 0.0802. The van der Waals surface area contributed by atoms with Gasteiger partial charge in [0.25, 0.3) is 5.56 Å². The minimum Gasteiger partial charge on any atom is -0.497 e. The largest absolute Gasteiger partial charge is 0.497 e. The third-order valence-electron chi connectivity index (χ3n) is 4.55. The number of ether oxygens (including phenoxy) is 2. The van der Waals surface area contributed by atoms with Gasteiger partial charge in [-0.3, -0.25) is 4.79 Å². The highest BCUT2D eigenvalue weighted by Gasteiger charge is 2.21. The summed E-state index contributed by atoms with van der Waals surface area (Å²) in [5.41, 5.74) is 2.32. The zero-order chi connectivity index (χ0) is 21.0. The molecule has 1 aromatic heterocycles. The molecule has 0 saturated heterocycles. The van der Waals surface area contributed by atoms with Crippen molar-refractivity contribution in [3.8, 4) is 40.0 Å². The van der Waals surface area contributed by atoms with E-state index in [0.29, 0.717) is 23.6 Å². The van der Waals surface area contributed by atoms with Gasteiger partial charge in [-0.25, -0.2) is 4.68 Å². The number of hydrogen-bond donors (Lipinski definition) is 0. The van der Waals surface area contributed by atoms with Crippen LogP contribution in [0.4, 0.5) is 0 Å². The molecule has 2 aromatic carbocycles. The Hall–Kier alpha value is -3.59. The van der Waals surface area contributed by atoms with Crippen LogP contribution in [0.3, 0.4) is 0 Å². The zero-order valence-corrected chi connectivity index (χ0v) is 17.0. The van der Waals surface area contributed by atoms with E-state index in [4.69, 9.17) is 9.47 Å². The molecule has 0 unspecified atom stereocenters. The van der Waals surface area contributed by atoms with Crippen molar-refractivity contribution in [1.82, 2.24) is 9.78 Å². The predicted molar refractivity (Wildman–Crippen MR) is 112 cm³/mol. The summed E-state index contributed by atoms with van der Waals surface area (Å²) in [4.78, 5) is 13.0. The van der Waals surface area contributed by atoms with Crippen molar-refractivity contribution >= 4 is 0 Å². The van der Waals surface area contributed by atoms with Crippen LogP contribution in [0.25, 0.3) is 22.4 Å². The van der Waals surface area contributed by atoms with Gasteiger partial charge in [0.2, 0.25) is 0 Å². The Morgan fingerprint density at radius 1 is 0.966 bits per heavy atom. The molecule has 0 aliphatic rings. The van der Waals surface area contributed by atoms with Gasteiger partial charge < -0.3 is 9.47 Å². The highest BCUT2D eigenvalue weighted by molar-refractivity contribution is 5.84. The summed E-state index contributed by atoms with van der Waals surface area (Å²) in [5, 5.41) is 14.5. The molecule has 3 rings (SSSR count). The van der Waals surface area contributed by atoms with Crippen molar-refractivity contribution in [2.45, 2.75) is 20.4 Å². The first-order valence-electron chi connectivity index (χ1n) is 9.32. The summed E-state index contributed by atoms with van der Waals surface area (Å²) in [6, 6.07) is 16.8. The van der Waals surface area contributed by atoms with E-state index in [-0.39, 0.29) is 17.0 Å². The fourth-order valence-electron chi connectivity index (χ4n) is 3.13. The van der Waals surface area contributed by atoms with Crippen LogP contribution in [0.5, 0.6) is 11.5 Å². The first-order valence-corrected chi connectivity index (χ1v) is 9.32. The summed E-state index contributed by atoms with van der Waals surface area (Å²) >= 11 is 0. The van der Waals surface area contributed by atoms with E-state index < -0.39 is 0 Å². The molecule has 6 heteroatoms. The molecule has 0 bridgehead atoms. The number of benzene rings is 2.